The van der Waals surface area contributed by atoms with Crippen LogP contribution in [0.15, 0.2) is 0 Å². The zero-order chi connectivity index (χ0) is 13.2. The van der Waals surface area contributed by atoms with Gasteiger partial charge in [0.1, 0.15) is 0 Å². The number of rotatable bonds is 2. The Bertz CT molecular complexity index is 300. The first-order chi connectivity index (χ1) is 8.47. The molecule has 1 saturated carbocycles. The summed E-state index contributed by atoms with van der Waals surface area (Å²) in [5.74, 6) is 1.13. The van der Waals surface area contributed by atoms with Crippen molar-refractivity contribution in [3.63, 3.8) is 0 Å². The Balaban J connectivity index is 1.98. The molecule has 1 saturated heterocycles. The molecular weight excluding hydrogens is 222 g/mol. The molecule has 0 radical (unpaired) electrons. The van der Waals surface area contributed by atoms with Gasteiger partial charge in [-0.1, -0.05) is 33.6 Å². The van der Waals surface area contributed by atoms with Crippen LogP contribution in [0.3, 0.4) is 0 Å². The van der Waals surface area contributed by atoms with Gasteiger partial charge in [0.05, 0.1) is 0 Å². The van der Waals surface area contributed by atoms with Crippen LogP contribution >= 0.6 is 0 Å². The van der Waals surface area contributed by atoms with Crippen LogP contribution in [0.5, 0.6) is 0 Å². The minimum absolute atomic E-state index is 0.161. The molecule has 2 aliphatic rings. The SMILES string of the molecule is CCC(C)(C)C1CCC2(CCCCC(=O)N2)CC1. The van der Waals surface area contributed by atoms with E-state index >= 15 is 0 Å². The molecule has 1 aliphatic carbocycles. The molecule has 0 atom stereocenters. The number of carbonyl (C=O) groups is 1. The standard InChI is InChI=1S/C16H29NO/c1-4-15(2,3)13-8-11-16(12-9-13)10-6-5-7-14(18)17-16/h13H,4-12H2,1-3H3,(H,17,18). The molecule has 2 rings (SSSR count). The zero-order valence-electron chi connectivity index (χ0n) is 12.3. The maximum absolute atomic E-state index is 11.8. The van der Waals surface area contributed by atoms with E-state index in [0.717, 1.165) is 18.8 Å². The van der Waals surface area contributed by atoms with Crippen molar-refractivity contribution in [1.29, 1.82) is 0 Å². The second-order valence-electron chi connectivity index (χ2n) is 7.15. The topological polar surface area (TPSA) is 29.1 Å². The van der Waals surface area contributed by atoms with Gasteiger partial charge in [-0.05, 0) is 49.9 Å². The fraction of sp³-hybridized carbons (Fsp3) is 0.938. The fourth-order valence-corrected chi connectivity index (χ4v) is 3.79. The molecule has 2 fully saturated rings. The van der Waals surface area contributed by atoms with Gasteiger partial charge in [-0.3, -0.25) is 4.79 Å². The van der Waals surface area contributed by atoms with Crippen molar-refractivity contribution >= 4 is 5.91 Å². The quantitative estimate of drug-likeness (QED) is 0.788. The maximum Gasteiger partial charge on any atom is 0.220 e. The number of hydrogen-bond donors (Lipinski definition) is 1. The summed E-state index contributed by atoms with van der Waals surface area (Å²) >= 11 is 0. The first kappa shape index (κ1) is 13.9. The molecule has 2 heteroatoms. The molecule has 1 aliphatic heterocycles. The largest absolute Gasteiger partial charge is 0.351 e. The number of amides is 1. The van der Waals surface area contributed by atoms with E-state index in [4.69, 9.17) is 0 Å². The Hall–Kier alpha value is -0.530. The first-order valence-electron chi connectivity index (χ1n) is 7.78. The molecule has 1 N–H and O–H groups in total. The second-order valence-corrected chi connectivity index (χ2v) is 7.15. The molecule has 0 bridgehead atoms. The van der Waals surface area contributed by atoms with Gasteiger partial charge in [-0.15, -0.1) is 0 Å². The van der Waals surface area contributed by atoms with Crippen LogP contribution in [0, 0.1) is 11.3 Å². The highest BCUT2D eigenvalue weighted by Gasteiger charge is 2.40. The van der Waals surface area contributed by atoms with E-state index in [1.54, 1.807) is 0 Å². The van der Waals surface area contributed by atoms with E-state index in [9.17, 15) is 4.79 Å². The summed E-state index contributed by atoms with van der Waals surface area (Å²) in [6.45, 7) is 7.11. The minimum atomic E-state index is 0.161. The van der Waals surface area contributed by atoms with E-state index in [1.165, 1.54) is 44.9 Å². The smallest absolute Gasteiger partial charge is 0.220 e. The third kappa shape index (κ3) is 2.89. The van der Waals surface area contributed by atoms with Crippen molar-refractivity contribution in [2.24, 2.45) is 11.3 Å². The molecule has 0 aromatic rings. The summed E-state index contributed by atoms with van der Waals surface area (Å²) < 4.78 is 0. The molecule has 1 heterocycles. The molecule has 104 valence electrons. The predicted octanol–water partition coefficient (Wildman–Crippen LogP) is 4.04. The molecule has 0 aromatic carbocycles. The molecule has 1 amide bonds. The lowest BCUT2D eigenvalue weighted by Crippen LogP contribution is -2.50. The van der Waals surface area contributed by atoms with Crippen molar-refractivity contribution < 1.29 is 4.79 Å². The number of hydrogen-bond acceptors (Lipinski definition) is 1. The Morgan fingerprint density at radius 1 is 1.22 bits per heavy atom. The summed E-state index contributed by atoms with van der Waals surface area (Å²) in [6.07, 6.45) is 10.5. The van der Waals surface area contributed by atoms with Gasteiger partial charge in [0.25, 0.3) is 0 Å². The van der Waals surface area contributed by atoms with Crippen molar-refractivity contribution in [1.82, 2.24) is 5.32 Å². The Morgan fingerprint density at radius 2 is 1.89 bits per heavy atom. The highest BCUT2D eigenvalue weighted by Crippen LogP contribution is 2.45. The van der Waals surface area contributed by atoms with E-state index in [1.807, 2.05) is 0 Å². The molecule has 1 spiro atoms. The number of carbonyl (C=O) groups excluding carboxylic acids is 1. The molecule has 2 nitrogen and oxygen atoms in total. The summed E-state index contributed by atoms with van der Waals surface area (Å²) in [5, 5.41) is 3.35. The van der Waals surface area contributed by atoms with Gasteiger partial charge in [-0.25, -0.2) is 0 Å². The zero-order valence-corrected chi connectivity index (χ0v) is 12.3. The summed E-state index contributed by atoms with van der Waals surface area (Å²) in [4.78, 5) is 11.8. The van der Waals surface area contributed by atoms with Crippen molar-refractivity contribution in [3.05, 3.63) is 0 Å². The van der Waals surface area contributed by atoms with Crippen molar-refractivity contribution in [2.75, 3.05) is 0 Å². The summed E-state index contributed by atoms with van der Waals surface area (Å²) in [6, 6.07) is 0. The van der Waals surface area contributed by atoms with Crippen LogP contribution < -0.4 is 5.32 Å². The third-order valence-corrected chi connectivity index (χ3v) is 5.67. The van der Waals surface area contributed by atoms with Crippen molar-refractivity contribution in [3.8, 4) is 0 Å². The highest BCUT2D eigenvalue weighted by atomic mass is 16.1. The lowest BCUT2D eigenvalue weighted by atomic mass is 9.65. The van der Waals surface area contributed by atoms with Gasteiger partial charge in [0.15, 0.2) is 0 Å². The number of nitrogens with one attached hydrogen (secondary N) is 1. The van der Waals surface area contributed by atoms with Gasteiger partial charge in [-0.2, -0.15) is 0 Å². The van der Waals surface area contributed by atoms with Crippen LogP contribution in [-0.4, -0.2) is 11.4 Å². The van der Waals surface area contributed by atoms with E-state index in [2.05, 4.69) is 26.1 Å². The molecular formula is C16H29NO. The second kappa shape index (κ2) is 5.22. The van der Waals surface area contributed by atoms with E-state index < -0.39 is 0 Å². The molecule has 0 unspecified atom stereocenters. The summed E-state index contributed by atoms with van der Waals surface area (Å²) in [5.41, 5.74) is 0.629. The average molecular weight is 251 g/mol. The van der Waals surface area contributed by atoms with Crippen molar-refractivity contribution in [2.45, 2.75) is 84.1 Å². The maximum atomic E-state index is 11.8. The Morgan fingerprint density at radius 3 is 2.50 bits per heavy atom. The lowest BCUT2D eigenvalue weighted by molar-refractivity contribution is -0.123. The van der Waals surface area contributed by atoms with Gasteiger partial charge < -0.3 is 5.32 Å². The van der Waals surface area contributed by atoms with Gasteiger partial charge in [0, 0.05) is 12.0 Å². The first-order valence-corrected chi connectivity index (χ1v) is 7.78. The van der Waals surface area contributed by atoms with Crippen LogP contribution in [0.25, 0.3) is 0 Å². The Kier molecular flexibility index (Phi) is 4.03. The highest BCUT2D eigenvalue weighted by molar-refractivity contribution is 5.77. The van der Waals surface area contributed by atoms with E-state index in [-0.39, 0.29) is 5.54 Å². The molecule has 18 heavy (non-hydrogen) atoms. The minimum Gasteiger partial charge on any atom is -0.351 e. The normalized spacial score (nSPS) is 34.2. The fourth-order valence-electron chi connectivity index (χ4n) is 3.79. The average Bonchev–Trinajstić information content (AvgIpc) is 2.52. The predicted molar refractivity (Wildman–Crippen MR) is 75.4 cm³/mol. The van der Waals surface area contributed by atoms with Crippen LogP contribution in [0.2, 0.25) is 0 Å². The van der Waals surface area contributed by atoms with E-state index in [0.29, 0.717) is 11.3 Å². The van der Waals surface area contributed by atoms with Gasteiger partial charge in [0.2, 0.25) is 5.91 Å². The molecule has 0 aromatic heterocycles. The summed E-state index contributed by atoms with van der Waals surface area (Å²) in [7, 11) is 0. The van der Waals surface area contributed by atoms with Crippen LogP contribution in [-0.2, 0) is 4.79 Å². The van der Waals surface area contributed by atoms with Crippen LogP contribution in [0.1, 0.15) is 78.6 Å². The van der Waals surface area contributed by atoms with Gasteiger partial charge >= 0.3 is 0 Å². The lowest BCUT2D eigenvalue weighted by Gasteiger charge is -2.45. The monoisotopic (exact) mass is 251 g/mol. The third-order valence-electron chi connectivity index (χ3n) is 5.67. The Labute approximate surface area is 112 Å². The van der Waals surface area contributed by atoms with Crippen LogP contribution in [0.4, 0.5) is 0 Å².